The number of hydrogen-bond donors (Lipinski definition) is 3. The number of aromatic amines is 1. The van der Waals surface area contributed by atoms with Crippen molar-refractivity contribution in [1.82, 2.24) is 10.3 Å². The number of nitrogens with one attached hydrogen (secondary N) is 2. The van der Waals surface area contributed by atoms with E-state index in [-0.39, 0.29) is 18.1 Å². The number of hydrogen-bond acceptors (Lipinski definition) is 4. The van der Waals surface area contributed by atoms with Crippen molar-refractivity contribution in [2.24, 2.45) is 0 Å². The molecule has 1 saturated carbocycles. The van der Waals surface area contributed by atoms with Gasteiger partial charge in [0.25, 0.3) is 0 Å². The molecule has 2 rings (SSSR count). The van der Waals surface area contributed by atoms with Gasteiger partial charge in [-0.2, -0.15) is 0 Å². The summed E-state index contributed by atoms with van der Waals surface area (Å²) in [5.74, 6) is -0.0377. The summed E-state index contributed by atoms with van der Waals surface area (Å²) in [6.07, 6.45) is 2.59. The average molecular weight is 272 g/mol. The largest absolute Gasteiger partial charge is 0.391 e. The van der Waals surface area contributed by atoms with Crippen LogP contribution in [0.1, 0.15) is 29.8 Å². The summed E-state index contributed by atoms with van der Waals surface area (Å²) >= 11 is 6.46. The van der Waals surface area contributed by atoms with E-state index in [2.05, 4.69) is 10.3 Å². The Morgan fingerprint density at radius 2 is 2.41 bits per heavy atom. The summed E-state index contributed by atoms with van der Waals surface area (Å²) < 4.78 is 0.700. The van der Waals surface area contributed by atoms with Gasteiger partial charge in [-0.25, -0.2) is 0 Å². The predicted molar refractivity (Wildman–Crippen MR) is 69.7 cm³/mol. The Morgan fingerprint density at radius 1 is 1.65 bits per heavy atom. The van der Waals surface area contributed by atoms with Crippen LogP contribution in [-0.2, 0) is 11.2 Å². The molecule has 1 aliphatic rings. The number of carbonyl (C=O) groups excluding carboxylic acids is 1. The molecule has 0 unspecified atom stereocenters. The zero-order chi connectivity index (χ0) is 12.4. The molecule has 17 heavy (non-hydrogen) atoms. The van der Waals surface area contributed by atoms with Crippen LogP contribution < -0.4 is 5.32 Å². The molecule has 1 aromatic heterocycles. The first-order valence-corrected chi connectivity index (χ1v) is 6.95. The molecule has 0 spiro atoms. The Morgan fingerprint density at radius 3 is 2.94 bits per heavy atom. The molecule has 4 nitrogen and oxygen atoms in total. The number of rotatable bonds is 3. The maximum atomic E-state index is 11.8. The molecule has 1 amide bonds. The molecule has 0 bridgehead atoms. The minimum atomic E-state index is -0.385. The second-order valence-electron chi connectivity index (χ2n) is 4.41. The Kier molecular flexibility index (Phi) is 3.96. The fraction of sp³-hybridized carbons (Fsp3) is 0.636. The number of thiazole rings is 1. The smallest absolute Gasteiger partial charge is 0.225 e. The fourth-order valence-electron chi connectivity index (χ4n) is 2.12. The maximum Gasteiger partial charge on any atom is 0.225 e. The van der Waals surface area contributed by atoms with Crippen LogP contribution in [0.4, 0.5) is 0 Å². The van der Waals surface area contributed by atoms with Crippen molar-refractivity contribution < 1.29 is 9.90 Å². The normalized spacial score (nSPS) is 23.9. The molecular weight excluding hydrogens is 256 g/mol. The van der Waals surface area contributed by atoms with E-state index in [0.717, 1.165) is 29.8 Å². The fourth-order valence-corrected chi connectivity index (χ4v) is 3.41. The number of aromatic nitrogens is 1. The summed E-state index contributed by atoms with van der Waals surface area (Å²) in [6, 6.07) is -0.0743. The third kappa shape index (κ3) is 3.14. The van der Waals surface area contributed by atoms with Gasteiger partial charge in [0.05, 0.1) is 18.6 Å². The Bertz CT molecular complexity index is 466. The minimum absolute atomic E-state index is 0.0377. The first-order chi connectivity index (χ1) is 8.06. The zero-order valence-electron chi connectivity index (χ0n) is 9.66. The van der Waals surface area contributed by atoms with E-state index in [4.69, 9.17) is 12.2 Å². The van der Waals surface area contributed by atoms with Crippen LogP contribution in [0.25, 0.3) is 0 Å². The van der Waals surface area contributed by atoms with Crippen LogP contribution in [0.2, 0.25) is 0 Å². The van der Waals surface area contributed by atoms with Gasteiger partial charge >= 0.3 is 0 Å². The van der Waals surface area contributed by atoms with Crippen molar-refractivity contribution in [2.45, 2.75) is 44.8 Å². The highest BCUT2D eigenvalue weighted by Gasteiger charge is 2.26. The molecule has 1 fully saturated rings. The van der Waals surface area contributed by atoms with Gasteiger partial charge in [0.15, 0.2) is 3.95 Å². The van der Waals surface area contributed by atoms with Crippen LogP contribution in [0.15, 0.2) is 0 Å². The van der Waals surface area contributed by atoms with Crippen molar-refractivity contribution in [1.29, 1.82) is 0 Å². The van der Waals surface area contributed by atoms with Gasteiger partial charge in [0.1, 0.15) is 0 Å². The van der Waals surface area contributed by atoms with Gasteiger partial charge in [-0.3, -0.25) is 4.79 Å². The van der Waals surface area contributed by atoms with Crippen LogP contribution in [0.5, 0.6) is 0 Å². The van der Waals surface area contributed by atoms with E-state index in [9.17, 15) is 9.90 Å². The van der Waals surface area contributed by atoms with Gasteiger partial charge in [-0.05, 0) is 38.4 Å². The van der Waals surface area contributed by atoms with E-state index in [1.54, 1.807) is 0 Å². The number of aliphatic hydroxyl groups is 1. The van der Waals surface area contributed by atoms with Gasteiger partial charge in [-0.15, -0.1) is 11.3 Å². The topological polar surface area (TPSA) is 65.1 Å². The summed E-state index contributed by atoms with van der Waals surface area (Å²) in [5, 5.41) is 12.5. The van der Waals surface area contributed by atoms with E-state index in [0.29, 0.717) is 10.4 Å². The maximum absolute atomic E-state index is 11.8. The van der Waals surface area contributed by atoms with E-state index in [1.807, 2.05) is 6.92 Å². The van der Waals surface area contributed by atoms with Gasteiger partial charge < -0.3 is 15.4 Å². The van der Waals surface area contributed by atoms with E-state index >= 15 is 0 Å². The average Bonchev–Trinajstić information content (AvgIpc) is 2.75. The lowest BCUT2D eigenvalue weighted by molar-refractivity contribution is -0.121. The molecule has 1 aromatic rings. The second-order valence-corrected chi connectivity index (χ2v) is 6.18. The number of H-pyrrole nitrogens is 1. The molecule has 3 N–H and O–H groups in total. The van der Waals surface area contributed by atoms with E-state index in [1.165, 1.54) is 11.3 Å². The monoisotopic (exact) mass is 272 g/mol. The molecular formula is C11H16N2O2S2. The number of aliphatic hydroxyl groups excluding tert-OH is 1. The van der Waals surface area contributed by atoms with E-state index < -0.39 is 0 Å². The molecule has 2 atom stereocenters. The highest BCUT2D eigenvalue weighted by Crippen LogP contribution is 2.19. The van der Waals surface area contributed by atoms with Gasteiger partial charge in [-0.1, -0.05) is 0 Å². The summed E-state index contributed by atoms with van der Waals surface area (Å²) in [6.45, 7) is 1.92. The lowest BCUT2D eigenvalue weighted by Gasteiger charge is -2.16. The molecule has 1 aliphatic carbocycles. The molecule has 6 heteroatoms. The van der Waals surface area contributed by atoms with Crippen LogP contribution in [-0.4, -0.2) is 28.1 Å². The van der Waals surface area contributed by atoms with Crippen molar-refractivity contribution in [3.8, 4) is 0 Å². The predicted octanol–water partition coefficient (Wildman–Crippen LogP) is 1.69. The molecule has 0 aromatic carbocycles. The standard InChI is InChI=1S/C11H16N2O2S2/c1-6-9(17-11(16)12-6)5-10(15)13-7-3-2-4-8(7)14/h7-8,14H,2-5H2,1H3,(H,12,16)(H,13,15)/t7-,8-/m0/s1. The Balaban J connectivity index is 1.93. The molecule has 1 heterocycles. The highest BCUT2D eigenvalue weighted by molar-refractivity contribution is 7.73. The quantitative estimate of drug-likeness (QED) is 0.734. The van der Waals surface area contributed by atoms with Crippen molar-refractivity contribution >= 4 is 29.5 Å². The number of aryl methyl sites for hydroxylation is 1. The van der Waals surface area contributed by atoms with Crippen LogP contribution >= 0.6 is 23.6 Å². The first kappa shape index (κ1) is 12.7. The molecule has 0 radical (unpaired) electrons. The van der Waals surface area contributed by atoms with Crippen molar-refractivity contribution in [2.75, 3.05) is 0 Å². The number of carbonyl (C=O) groups is 1. The van der Waals surface area contributed by atoms with Crippen LogP contribution in [0.3, 0.4) is 0 Å². The molecule has 0 saturated heterocycles. The summed E-state index contributed by atoms with van der Waals surface area (Å²) in [5.41, 5.74) is 0.960. The first-order valence-electron chi connectivity index (χ1n) is 5.72. The highest BCUT2D eigenvalue weighted by atomic mass is 32.1. The lowest BCUT2D eigenvalue weighted by Crippen LogP contribution is -2.40. The molecule has 94 valence electrons. The summed E-state index contributed by atoms with van der Waals surface area (Å²) in [7, 11) is 0. The second kappa shape index (κ2) is 5.29. The lowest BCUT2D eigenvalue weighted by atomic mass is 10.2. The Labute approximate surface area is 109 Å². The minimum Gasteiger partial charge on any atom is -0.391 e. The zero-order valence-corrected chi connectivity index (χ0v) is 11.3. The van der Waals surface area contributed by atoms with Crippen molar-refractivity contribution in [3.63, 3.8) is 0 Å². The van der Waals surface area contributed by atoms with Gasteiger partial charge in [0, 0.05) is 10.6 Å². The van der Waals surface area contributed by atoms with Crippen molar-refractivity contribution in [3.05, 3.63) is 14.5 Å². The third-order valence-corrected chi connectivity index (χ3v) is 4.41. The Hall–Kier alpha value is -0.720. The number of amides is 1. The van der Waals surface area contributed by atoms with Crippen LogP contribution in [0, 0.1) is 10.9 Å². The SMILES string of the molecule is Cc1[nH]c(=S)sc1CC(=O)N[C@H]1CCC[C@@H]1O. The summed E-state index contributed by atoms with van der Waals surface area (Å²) in [4.78, 5) is 15.8. The van der Waals surface area contributed by atoms with Gasteiger partial charge in [0.2, 0.25) is 5.91 Å². The molecule has 0 aliphatic heterocycles. The third-order valence-electron chi connectivity index (χ3n) is 3.07.